The van der Waals surface area contributed by atoms with E-state index in [0.29, 0.717) is 23.7 Å². The first-order valence-corrected chi connectivity index (χ1v) is 10.5. The third-order valence-corrected chi connectivity index (χ3v) is 6.41. The molecule has 140 valence electrons. The molecule has 2 aromatic rings. The third-order valence-electron chi connectivity index (χ3n) is 5.53. The van der Waals surface area contributed by atoms with Gasteiger partial charge >= 0.3 is 0 Å². The molecule has 0 aliphatic carbocycles. The van der Waals surface area contributed by atoms with Crippen molar-refractivity contribution in [1.82, 2.24) is 9.80 Å². The number of nitrogens with zero attached hydrogens (tertiary/aromatic N) is 2. The number of benzene rings is 1. The SMILES string of the molecule is CCN1C(=O)C(c2cccs2)=C(N2CCC(Cc3ccccc3)CC2)C1=O. The van der Waals surface area contributed by atoms with Gasteiger partial charge in [0.25, 0.3) is 11.8 Å². The Hall–Kier alpha value is -2.40. The predicted molar refractivity (Wildman–Crippen MR) is 108 cm³/mol. The number of carbonyl (C=O) groups excluding carboxylic acids is 2. The van der Waals surface area contributed by atoms with Crippen LogP contribution in [0.4, 0.5) is 0 Å². The van der Waals surface area contributed by atoms with Crippen molar-refractivity contribution in [3.05, 3.63) is 64.0 Å². The van der Waals surface area contributed by atoms with E-state index in [1.54, 1.807) is 0 Å². The zero-order valence-corrected chi connectivity index (χ0v) is 16.4. The summed E-state index contributed by atoms with van der Waals surface area (Å²) in [7, 11) is 0. The molecule has 1 aromatic heterocycles. The first-order valence-electron chi connectivity index (χ1n) is 9.62. The maximum absolute atomic E-state index is 12.9. The molecule has 0 spiro atoms. The molecule has 3 heterocycles. The van der Waals surface area contributed by atoms with E-state index < -0.39 is 0 Å². The van der Waals surface area contributed by atoms with Gasteiger partial charge in [-0.15, -0.1) is 11.3 Å². The smallest absolute Gasteiger partial charge is 0.277 e. The molecule has 0 unspecified atom stereocenters. The van der Waals surface area contributed by atoms with Crippen LogP contribution in [0.2, 0.25) is 0 Å². The maximum Gasteiger partial charge on any atom is 0.277 e. The van der Waals surface area contributed by atoms with Crippen LogP contribution in [0, 0.1) is 5.92 Å². The minimum Gasteiger partial charge on any atom is -0.366 e. The number of thiophene rings is 1. The monoisotopic (exact) mass is 380 g/mol. The number of likely N-dealkylation sites (tertiary alicyclic amines) is 1. The molecule has 1 saturated heterocycles. The Kier molecular flexibility index (Phi) is 5.12. The number of imide groups is 1. The van der Waals surface area contributed by atoms with Crippen molar-refractivity contribution in [3.8, 4) is 0 Å². The number of rotatable bonds is 5. The number of likely N-dealkylation sites (N-methyl/N-ethyl adjacent to an activating group) is 1. The van der Waals surface area contributed by atoms with E-state index >= 15 is 0 Å². The van der Waals surface area contributed by atoms with Crippen LogP contribution in [0.15, 0.2) is 53.5 Å². The molecule has 0 N–H and O–H groups in total. The van der Waals surface area contributed by atoms with Gasteiger partial charge in [0.05, 0.1) is 5.57 Å². The summed E-state index contributed by atoms with van der Waals surface area (Å²) >= 11 is 1.52. The van der Waals surface area contributed by atoms with Gasteiger partial charge in [0.15, 0.2) is 0 Å². The molecule has 0 bridgehead atoms. The minimum atomic E-state index is -0.147. The normalized spacial score (nSPS) is 18.7. The highest BCUT2D eigenvalue weighted by Crippen LogP contribution is 2.35. The van der Waals surface area contributed by atoms with Gasteiger partial charge < -0.3 is 4.90 Å². The van der Waals surface area contributed by atoms with Gasteiger partial charge in [-0.3, -0.25) is 14.5 Å². The molecule has 0 saturated carbocycles. The van der Waals surface area contributed by atoms with E-state index in [-0.39, 0.29) is 11.8 Å². The molecule has 5 heteroatoms. The maximum atomic E-state index is 12.9. The van der Waals surface area contributed by atoms with Crippen molar-refractivity contribution < 1.29 is 9.59 Å². The molecule has 2 aliphatic heterocycles. The Morgan fingerprint density at radius 2 is 1.74 bits per heavy atom. The van der Waals surface area contributed by atoms with Crippen molar-refractivity contribution >= 4 is 28.7 Å². The van der Waals surface area contributed by atoms with Crippen LogP contribution in [0.3, 0.4) is 0 Å². The highest BCUT2D eigenvalue weighted by atomic mass is 32.1. The molecule has 2 amide bonds. The lowest BCUT2D eigenvalue weighted by Crippen LogP contribution is -2.39. The fourth-order valence-corrected chi connectivity index (χ4v) is 4.86. The van der Waals surface area contributed by atoms with Gasteiger partial charge in [-0.1, -0.05) is 36.4 Å². The summed E-state index contributed by atoms with van der Waals surface area (Å²) in [5.74, 6) is 0.350. The quantitative estimate of drug-likeness (QED) is 0.741. The molecule has 0 atom stereocenters. The fourth-order valence-electron chi connectivity index (χ4n) is 4.09. The Labute approximate surface area is 164 Å². The predicted octanol–water partition coefficient (Wildman–Crippen LogP) is 3.80. The minimum absolute atomic E-state index is 0.132. The van der Waals surface area contributed by atoms with Gasteiger partial charge in [-0.05, 0) is 49.1 Å². The molecule has 1 fully saturated rings. The van der Waals surface area contributed by atoms with Crippen molar-refractivity contribution in [1.29, 1.82) is 0 Å². The van der Waals surface area contributed by atoms with Crippen LogP contribution in [0.1, 0.15) is 30.2 Å². The number of hydrogen-bond donors (Lipinski definition) is 0. The fraction of sp³-hybridized carbons (Fsp3) is 0.364. The number of amides is 2. The van der Waals surface area contributed by atoms with E-state index in [1.807, 2.05) is 30.5 Å². The molecular weight excluding hydrogens is 356 g/mol. The van der Waals surface area contributed by atoms with Gasteiger partial charge in [0, 0.05) is 24.5 Å². The van der Waals surface area contributed by atoms with Crippen molar-refractivity contribution in [2.75, 3.05) is 19.6 Å². The lowest BCUT2D eigenvalue weighted by atomic mass is 9.90. The number of hydrogen-bond acceptors (Lipinski definition) is 4. The van der Waals surface area contributed by atoms with Crippen LogP contribution in [-0.4, -0.2) is 41.2 Å². The second-order valence-electron chi connectivity index (χ2n) is 7.18. The summed E-state index contributed by atoms with van der Waals surface area (Å²) in [6.45, 7) is 3.94. The highest BCUT2D eigenvalue weighted by molar-refractivity contribution is 7.11. The summed E-state index contributed by atoms with van der Waals surface area (Å²) in [4.78, 5) is 30.2. The average molecular weight is 381 g/mol. The van der Waals surface area contributed by atoms with Crippen LogP contribution >= 0.6 is 11.3 Å². The Morgan fingerprint density at radius 1 is 1.00 bits per heavy atom. The Balaban J connectivity index is 1.53. The Morgan fingerprint density at radius 3 is 2.37 bits per heavy atom. The number of carbonyl (C=O) groups is 2. The van der Waals surface area contributed by atoms with E-state index in [9.17, 15) is 9.59 Å². The molecule has 4 rings (SSSR count). The Bertz CT molecular complexity index is 850. The third kappa shape index (κ3) is 3.44. The summed E-state index contributed by atoms with van der Waals surface area (Å²) < 4.78 is 0. The molecule has 1 aromatic carbocycles. The van der Waals surface area contributed by atoms with Crippen LogP contribution in [-0.2, 0) is 16.0 Å². The van der Waals surface area contributed by atoms with Crippen molar-refractivity contribution in [2.24, 2.45) is 5.92 Å². The number of piperidine rings is 1. The van der Waals surface area contributed by atoms with Gasteiger partial charge in [0.1, 0.15) is 5.70 Å². The van der Waals surface area contributed by atoms with Gasteiger partial charge in [-0.2, -0.15) is 0 Å². The zero-order valence-electron chi connectivity index (χ0n) is 15.6. The van der Waals surface area contributed by atoms with E-state index in [2.05, 4.69) is 29.2 Å². The highest BCUT2D eigenvalue weighted by Gasteiger charge is 2.41. The first-order chi connectivity index (χ1) is 13.2. The van der Waals surface area contributed by atoms with E-state index in [4.69, 9.17) is 0 Å². The molecular formula is C22H24N2O2S. The topological polar surface area (TPSA) is 40.6 Å². The van der Waals surface area contributed by atoms with Gasteiger partial charge in [0.2, 0.25) is 0 Å². The average Bonchev–Trinajstić information content (AvgIpc) is 3.29. The summed E-state index contributed by atoms with van der Waals surface area (Å²) in [5.41, 5.74) is 2.58. The molecule has 2 aliphatic rings. The lowest BCUT2D eigenvalue weighted by Gasteiger charge is -2.34. The lowest BCUT2D eigenvalue weighted by molar-refractivity contribution is -0.137. The largest absolute Gasteiger partial charge is 0.366 e. The second kappa shape index (κ2) is 7.69. The van der Waals surface area contributed by atoms with Gasteiger partial charge in [-0.25, -0.2) is 0 Å². The van der Waals surface area contributed by atoms with E-state index in [0.717, 1.165) is 37.2 Å². The summed E-state index contributed by atoms with van der Waals surface area (Å²) in [5, 5.41) is 1.96. The first kappa shape index (κ1) is 18.0. The molecule has 4 nitrogen and oxygen atoms in total. The standard InChI is InChI=1S/C22H24N2O2S/c1-2-24-21(25)19(18-9-6-14-27-18)20(22(24)26)23-12-10-17(11-13-23)15-16-7-4-3-5-8-16/h3-9,14,17H,2,10-13,15H2,1H3. The van der Waals surface area contributed by atoms with Crippen LogP contribution < -0.4 is 0 Å². The molecule has 0 radical (unpaired) electrons. The van der Waals surface area contributed by atoms with Crippen molar-refractivity contribution in [2.45, 2.75) is 26.2 Å². The summed E-state index contributed by atoms with van der Waals surface area (Å²) in [6.07, 6.45) is 3.17. The summed E-state index contributed by atoms with van der Waals surface area (Å²) in [6, 6.07) is 14.5. The van der Waals surface area contributed by atoms with Crippen LogP contribution in [0.5, 0.6) is 0 Å². The van der Waals surface area contributed by atoms with E-state index in [1.165, 1.54) is 21.8 Å². The van der Waals surface area contributed by atoms with Crippen LogP contribution in [0.25, 0.3) is 5.57 Å². The molecule has 27 heavy (non-hydrogen) atoms. The zero-order chi connectivity index (χ0) is 18.8. The van der Waals surface area contributed by atoms with Crippen molar-refractivity contribution in [3.63, 3.8) is 0 Å². The second-order valence-corrected chi connectivity index (χ2v) is 8.12.